The molecule has 20 heavy (non-hydrogen) atoms. The van der Waals surface area contributed by atoms with Crippen molar-refractivity contribution >= 4 is 23.3 Å². The van der Waals surface area contributed by atoms with Gasteiger partial charge in [-0.05, 0) is 37.8 Å². The van der Waals surface area contributed by atoms with Crippen molar-refractivity contribution in [2.24, 2.45) is 5.73 Å². The van der Waals surface area contributed by atoms with Crippen LogP contribution in [0.3, 0.4) is 0 Å². The molecule has 2 aromatic rings. The average molecular weight is 288 g/mol. The molecular formula is C15H20N4S. The molecule has 106 valence electrons. The Morgan fingerprint density at radius 3 is 2.75 bits per heavy atom. The third-order valence-corrected chi connectivity index (χ3v) is 3.75. The first-order valence-electron chi connectivity index (χ1n) is 6.65. The fourth-order valence-electron chi connectivity index (χ4n) is 2.06. The summed E-state index contributed by atoms with van der Waals surface area (Å²) in [5, 5.41) is 0.973. The van der Waals surface area contributed by atoms with Crippen molar-refractivity contribution in [3.8, 4) is 0 Å². The normalized spacial score (nSPS) is 10.6. The number of aryl methyl sites for hydroxylation is 1. The first kappa shape index (κ1) is 14.8. The van der Waals surface area contributed by atoms with E-state index < -0.39 is 0 Å². The molecule has 2 rings (SSSR count). The van der Waals surface area contributed by atoms with E-state index in [1.165, 1.54) is 11.3 Å². The van der Waals surface area contributed by atoms with Gasteiger partial charge in [-0.15, -0.1) is 11.8 Å². The monoisotopic (exact) mass is 288 g/mol. The van der Waals surface area contributed by atoms with Crippen molar-refractivity contribution in [2.75, 3.05) is 24.2 Å². The molecule has 0 radical (unpaired) electrons. The molecule has 4 nitrogen and oxygen atoms in total. The third kappa shape index (κ3) is 3.49. The lowest BCUT2D eigenvalue weighted by atomic mass is 10.1. The minimum Gasteiger partial charge on any atom is -0.330 e. The largest absolute Gasteiger partial charge is 0.330 e. The second kappa shape index (κ2) is 7.26. The SMILES string of the molecule is CSc1cc(N(CCCN)c2ccccc2C)ncn1. The molecule has 1 aromatic heterocycles. The lowest BCUT2D eigenvalue weighted by molar-refractivity contribution is 0.803. The maximum absolute atomic E-state index is 5.66. The Hall–Kier alpha value is -1.59. The maximum Gasteiger partial charge on any atom is 0.137 e. The van der Waals surface area contributed by atoms with E-state index >= 15 is 0 Å². The highest BCUT2D eigenvalue weighted by Crippen LogP contribution is 2.28. The van der Waals surface area contributed by atoms with E-state index in [4.69, 9.17) is 5.73 Å². The van der Waals surface area contributed by atoms with E-state index in [0.717, 1.165) is 23.8 Å². The Bertz CT molecular complexity index is 559. The Labute approximate surface area is 124 Å². The van der Waals surface area contributed by atoms with Gasteiger partial charge in [-0.2, -0.15) is 0 Å². The minimum absolute atomic E-state index is 0.669. The zero-order valence-corrected chi connectivity index (χ0v) is 12.7. The predicted molar refractivity (Wildman–Crippen MR) is 85.7 cm³/mol. The molecule has 1 heterocycles. The molecule has 2 N–H and O–H groups in total. The first-order chi connectivity index (χ1) is 9.76. The average Bonchev–Trinajstić information content (AvgIpc) is 2.49. The molecule has 0 unspecified atom stereocenters. The Morgan fingerprint density at radius 1 is 1.25 bits per heavy atom. The number of anilines is 2. The number of benzene rings is 1. The van der Waals surface area contributed by atoms with Crippen molar-refractivity contribution in [3.05, 3.63) is 42.2 Å². The van der Waals surface area contributed by atoms with Crippen LogP contribution in [0, 0.1) is 6.92 Å². The van der Waals surface area contributed by atoms with Crippen LogP contribution in [-0.4, -0.2) is 29.3 Å². The van der Waals surface area contributed by atoms with E-state index in [-0.39, 0.29) is 0 Å². The number of nitrogens with zero attached hydrogens (tertiary/aromatic N) is 3. The third-order valence-electron chi connectivity index (χ3n) is 3.11. The van der Waals surface area contributed by atoms with Crippen molar-refractivity contribution in [2.45, 2.75) is 18.4 Å². The van der Waals surface area contributed by atoms with Gasteiger partial charge in [0, 0.05) is 18.3 Å². The molecule has 0 saturated heterocycles. The highest BCUT2D eigenvalue weighted by atomic mass is 32.2. The number of rotatable bonds is 6. The smallest absolute Gasteiger partial charge is 0.137 e. The summed E-state index contributed by atoms with van der Waals surface area (Å²) in [6.45, 7) is 3.64. The summed E-state index contributed by atoms with van der Waals surface area (Å²) in [6.07, 6.45) is 4.56. The van der Waals surface area contributed by atoms with E-state index in [1.807, 2.05) is 18.4 Å². The molecule has 0 atom stereocenters. The number of nitrogens with two attached hydrogens (primary N) is 1. The first-order valence-corrected chi connectivity index (χ1v) is 7.88. The number of aromatic nitrogens is 2. The van der Waals surface area contributed by atoms with Gasteiger partial charge in [0.05, 0.1) is 0 Å². The predicted octanol–water partition coefficient (Wildman–Crippen LogP) is 2.99. The zero-order chi connectivity index (χ0) is 14.4. The van der Waals surface area contributed by atoms with Crippen LogP contribution >= 0.6 is 11.8 Å². The summed E-state index contributed by atoms with van der Waals surface area (Å²) in [6, 6.07) is 10.4. The molecule has 0 aliphatic carbocycles. The Balaban J connectivity index is 2.38. The molecule has 0 amide bonds. The summed E-state index contributed by atoms with van der Waals surface area (Å²) >= 11 is 1.62. The molecule has 1 aromatic carbocycles. The molecular weight excluding hydrogens is 268 g/mol. The lowest BCUT2D eigenvalue weighted by Crippen LogP contribution is -2.22. The van der Waals surface area contributed by atoms with E-state index in [0.29, 0.717) is 6.54 Å². The number of para-hydroxylation sites is 1. The topological polar surface area (TPSA) is 55.0 Å². The van der Waals surface area contributed by atoms with E-state index in [2.05, 4.69) is 40.0 Å². The number of thioether (sulfide) groups is 1. The lowest BCUT2D eigenvalue weighted by Gasteiger charge is -2.25. The second-order valence-corrected chi connectivity index (χ2v) is 5.33. The van der Waals surface area contributed by atoms with Crippen LogP contribution in [-0.2, 0) is 0 Å². The highest BCUT2D eigenvalue weighted by molar-refractivity contribution is 7.98. The molecule has 0 saturated carbocycles. The second-order valence-electron chi connectivity index (χ2n) is 4.50. The van der Waals surface area contributed by atoms with Crippen molar-refractivity contribution < 1.29 is 0 Å². The summed E-state index contributed by atoms with van der Waals surface area (Å²) in [4.78, 5) is 10.9. The Kier molecular flexibility index (Phi) is 5.38. The van der Waals surface area contributed by atoms with Crippen LogP contribution in [0.1, 0.15) is 12.0 Å². The van der Waals surface area contributed by atoms with Gasteiger partial charge in [-0.25, -0.2) is 9.97 Å². The molecule has 5 heteroatoms. The number of hydrogen-bond acceptors (Lipinski definition) is 5. The van der Waals surface area contributed by atoms with E-state index in [1.54, 1.807) is 18.1 Å². The molecule has 0 spiro atoms. The van der Waals surface area contributed by atoms with Gasteiger partial charge in [0.15, 0.2) is 0 Å². The summed E-state index contributed by atoms with van der Waals surface area (Å²) in [5.74, 6) is 0.923. The summed E-state index contributed by atoms with van der Waals surface area (Å²) in [5.41, 5.74) is 8.07. The molecule has 0 aliphatic rings. The zero-order valence-electron chi connectivity index (χ0n) is 11.9. The quantitative estimate of drug-likeness (QED) is 0.654. The van der Waals surface area contributed by atoms with Crippen LogP contribution < -0.4 is 10.6 Å². The standard InChI is InChI=1S/C15H20N4S/c1-12-6-3-4-7-13(12)19(9-5-8-16)14-10-15(20-2)18-11-17-14/h3-4,6-7,10-11H,5,8-9,16H2,1-2H3. The maximum atomic E-state index is 5.66. The van der Waals surface area contributed by atoms with Gasteiger partial charge in [-0.3, -0.25) is 0 Å². The van der Waals surface area contributed by atoms with E-state index in [9.17, 15) is 0 Å². The minimum atomic E-state index is 0.669. The van der Waals surface area contributed by atoms with Crippen molar-refractivity contribution in [1.82, 2.24) is 9.97 Å². The fraction of sp³-hybridized carbons (Fsp3) is 0.333. The Morgan fingerprint density at radius 2 is 2.05 bits per heavy atom. The molecule has 0 bridgehead atoms. The van der Waals surface area contributed by atoms with Crippen molar-refractivity contribution in [3.63, 3.8) is 0 Å². The van der Waals surface area contributed by atoms with Crippen LogP contribution in [0.25, 0.3) is 0 Å². The van der Waals surface area contributed by atoms with Crippen molar-refractivity contribution in [1.29, 1.82) is 0 Å². The van der Waals surface area contributed by atoms with Crippen LogP contribution in [0.2, 0.25) is 0 Å². The number of hydrogen-bond donors (Lipinski definition) is 1. The van der Waals surface area contributed by atoms with Crippen LogP contribution in [0.4, 0.5) is 11.5 Å². The van der Waals surface area contributed by atoms with Gasteiger partial charge in [-0.1, -0.05) is 18.2 Å². The van der Waals surface area contributed by atoms with Gasteiger partial charge in [0.1, 0.15) is 17.2 Å². The van der Waals surface area contributed by atoms with Gasteiger partial charge in [0.2, 0.25) is 0 Å². The van der Waals surface area contributed by atoms with Gasteiger partial charge >= 0.3 is 0 Å². The van der Waals surface area contributed by atoms with Gasteiger partial charge < -0.3 is 10.6 Å². The highest BCUT2D eigenvalue weighted by Gasteiger charge is 2.13. The van der Waals surface area contributed by atoms with Gasteiger partial charge in [0.25, 0.3) is 0 Å². The molecule has 0 aliphatic heterocycles. The fourth-order valence-corrected chi connectivity index (χ4v) is 2.44. The van der Waals surface area contributed by atoms with Crippen LogP contribution in [0.15, 0.2) is 41.7 Å². The van der Waals surface area contributed by atoms with Crippen LogP contribution in [0.5, 0.6) is 0 Å². The molecule has 0 fully saturated rings. The summed E-state index contributed by atoms with van der Waals surface area (Å²) < 4.78 is 0. The summed E-state index contributed by atoms with van der Waals surface area (Å²) in [7, 11) is 0.